The smallest absolute Gasteiger partial charge is 0.127 e. The fourth-order valence-corrected chi connectivity index (χ4v) is 3.02. The lowest BCUT2D eigenvalue weighted by atomic mass is 9.91. The average molecular weight is 280 g/mol. The zero-order valence-electron chi connectivity index (χ0n) is 14.1. The predicted octanol–water partition coefficient (Wildman–Crippen LogP) is 3.06. The van der Waals surface area contributed by atoms with Crippen LogP contribution in [0, 0.1) is 0 Å². The summed E-state index contributed by atoms with van der Waals surface area (Å²) >= 11 is 0. The van der Waals surface area contributed by atoms with E-state index in [0.29, 0.717) is 0 Å². The Balaban J connectivity index is 3.11. The summed E-state index contributed by atoms with van der Waals surface area (Å²) in [6.45, 7) is 17.6. The molecule has 1 N–H and O–H groups in total. The maximum Gasteiger partial charge on any atom is 0.127 e. The minimum atomic E-state index is 0.0386. The molecule has 0 saturated carbocycles. The predicted molar refractivity (Wildman–Crippen MR) is 85.9 cm³/mol. The largest absolute Gasteiger partial charge is 0.334 e. The van der Waals surface area contributed by atoms with Crippen LogP contribution in [-0.4, -0.2) is 39.6 Å². The second-order valence-electron chi connectivity index (χ2n) is 5.78. The number of hydrogen-bond acceptors (Lipinski definition) is 3. The SMILES string of the molecule is CCCNC(c1nccn1CC)C(C)(C)N(CC)CC. The highest BCUT2D eigenvalue weighted by Crippen LogP contribution is 2.30. The molecule has 0 amide bonds. The van der Waals surface area contributed by atoms with Gasteiger partial charge in [0.1, 0.15) is 5.82 Å². The number of aryl methyl sites for hydroxylation is 1. The molecule has 20 heavy (non-hydrogen) atoms. The third kappa shape index (κ3) is 3.61. The lowest BCUT2D eigenvalue weighted by molar-refractivity contribution is 0.0862. The van der Waals surface area contributed by atoms with Gasteiger partial charge >= 0.3 is 0 Å². The first-order valence-electron chi connectivity index (χ1n) is 8.02. The minimum absolute atomic E-state index is 0.0386. The lowest BCUT2D eigenvalue weighted by Crippen LogP contribution is -2.53. The van der Waals surface area contributed by atoms with Gasteiger partial charge in [-0.05, 0) is 46.8 Å². The molecule has 1 atom stereocenters. The maximum atomic E-state index is 4.63. The topological polar surface area (TPSA) is 33.1 Å². The molecular weight excluding hydrogens is 248 g/mol. The van der Waals surface area contributed by atoms with E-state index in [-0.39, 0.29) is 11.6 Å². The molecule has 116 valence electrons. The summed E-state index contributed by atoms with van der Waals surface area (Å²) in [6, 6.07) is 0.247. The van der Waals surface area contributed by atoms with E-state index in [1.54, 1.807) is 0 Å². The first-order chi connectivity index (χ1) is 9.52. The molecule has 0 bridgehead atoms. The maximum absolute atomic E-state index is 4.63. The Bertz CT molecular complexity index is 380. The van der Waals surface area contributed by atoms with Crippen LogP contribution in [0.4, 0.5) is 0 Å². The van der Waals surface area contributed by atoms with Crippen molar-refractivity contribution in [2.75, 3.05) is 19.6 Å². The van der Waals surface area contributed by atoms with Crippen LogP contribution in [0.1, 0.15) is 59.8 Å². The number of nitrogens with one attached hydrogen (secondary N) is 1. The monoisotopic (exact) mass is 280 g/mol. The molecule has 0 aliphatic heterocycles. The molecule has 1 unspecified atom stereocenters. The van der Waals surface area contributed by atoms with E-state index in [4.69, 9.17) is 0 Å². The summed E-state index contributed by atoms with van der Waals surface area (Å²) in [5.74, 6) is 1.15. The summed E-state index contributed by atoms with van der Waals surface area (Å²) in [5, 5.41) is 3.71. The molecule has 1 aromatic rings. The average Bonchev–Trinajstić information content (AvgIpc) is 2.88. The number of hydrogen-bond donors (Lipinski definition) is 1. The first kappa shape index (κ1) is 17.2. The van der Waals surface area contributed by atoms with E-state index in [1.165, 1.54) is 0 Å². The Morgan fingerprint density at radius 3 is 2.40 bits per heavy atom. The van der Waals surface area contributed by atoms with Crippen molar-refractivity contribution in [1.29, 1.82) is 0 Å². The van der Waals surface area contributed by atoms with Gasteiger partial charge in [-0.3, -0.25) is 4.90 Å². The van der Waals surface area contributed by atoms with Crippen molar-refractivity contribution in [3.05, 3.63) is 18.2 Å². The standard InChI is InChI=1S/C16H32N4/c1-7-11-17-14(15-18-12-13-19(15)8-2)16(5,6)20(9-3)10-4/h12-14,17H,7-11H2,1-6H3. The quantitative estimate of drug-likeness (QED) is 0.754. The van der Waals surface area contributed by atoms with E-state index >= 15 is 0 Å². The summed E-state index contributed by atoms with van der Waals surface area (Å²) in [6.07, 6.45) is 5.13. The van der Waals surface area contributed by atoms with Crippen LogP contribution < -0.4 is 5.32 Å². The van der Waals surface area contributed by atoms with Crippen LogP contribution >= 0.6 is 0 Å². The van der Waals surface area contributed by atoms with Gasteiger partial charge in [0.2, 0.25) is 0 Å². The fourth-order valence-electron chi connectivity index (χ4n) is 3.02. The number of aromatic nitrogens is 2. The normalized spacial score (nSPS) is 13.9. The van der Waals surface area contributed by atoms with Crippen molar-refractivity contribution in [2.24, 2.45) is 0 Å². The van der Waals surface area contributed by atoms with E-state index < -0.39 is 0 Å². The van der Waals surface area contributed by atoms with Crippen LogP contribution in [0.25, 0.3) is 0 Å². The van der Waals surface area contributed by atoms with Gasteiger partial charge in [0.25, 0.3) is 0 Å². The molecule has 0 fully saturated rings. The van der Waals surface area contributed by atoms with Crippen molar-refractivity contribution in [2.45, 2.75) is 66.1 Å². The molecule has 1 rings (SSSR count). The van der Waals surface area contributed by atoms with E-state index in [9.17, 15) is 0 Å². The zero-order valence-corrected chi connectivity index (χ0v) is 14.1. The van der Waals surface area contributed by atoms with Gasteiger partial charge in [0, 0.05) is 24.5 Å². The summed E-state index contributed by atoms with van der Waals surface area (Å²) < 4.78 is 2.25. The van der Waals surface area contributed by atoms with E-state index in [2.05, 4.69) is 67.5 Å². The highest BCUT2D eigenvalue weighted by molar-refractivity contribution is 5.08. The molecule has 1 heterocycles. The molecule has 0 radical (unpaired) electrons. The highest BCUT2D eigenvalue weighted by atomic mass is 15.2. The molecule has 4 nitrogen and oxygen atoms in total. The second kappa shape index (κ2) is 7.79. The van der Waals surface area contributed by atoms with Crippen LogP contribution in [0.2, 0.25) is 0 Å². The van der Waals surface area contributed by atoms with Gasteiger partial charge in [-0.2, -0.15) is 0 Å². The van der Waals surface area contributed by atoms with E-state index in [1.807, 2.05) is 6.20 Å². The molecule has 0 aromatic carbocycles. The van der Waals surface area contributed by atoms with Gasteiger partial charge < -0.3 is 9.88 Å². The van der Waals surface area contributed by atoms with Gasteiger partial charge in [0.15, 0.2) is 0 Å². The third-order valence-corrected chi connectivity index (χ3v) is 4.23. The Morgan fingerprint density at radius 1 is 1.25 bits per heavy atom. The summed E-state index contributed by atoms with van der Waals surface area (Å²) in [4.78, 5) is 7.14. The number of likely N-dealkylation sites (N-methyl/N-ethyl adjacent to an activating group) is 1. The summed E-state index contributed by atoms with van der Waals surface area (Å²) in [7, 11) is 0. The highest BCUT2D eigenvalue weighted by Gasteiger charge is 2.37. The van der Waals surface area contributed by atoms with Crippen LogP contribution in [0.5, 0.6) is 0 Å². The molecule has 1 aromatic heterocycles. The molecule has 0 saturated heterocycles. The van der Waals surface area contributed by atoms with Gasteiger partial charge in [-0.25, -0.2) is 4.98 Å². The van der Waals surface area contributed by atoms with Crippen molar-refractivity contribution >= 4 is 0 Å². The van der Waals surface area contributed by atoms with Crippen LogP contribution in [0.15, 0.2) is 12.4 Å². The van der Waals surface area contributed by atoms with Crippen LogP contribution in [0.3, 0.4) is 0 Å². The third-order valence-electron chi connectivity index (χ3n) is 4.23. The second-order valence-corrected chi connectivity index (χ2v) is 5.78. The van der Waals surface area contributed by atoms with Crippen molar-refractivity contribution in [3.8, 4) is 0 Å². The fraction of sp³-hybridized carbons (Fsp3) is 0.812. The number of nitrogens with zero attached hydrogens (tertiary/aromatic N) is 3. The minimum Gasteiger partial charge on any atom is -0.334 e. The molecule has 0 spiro atoms. The zero-order chi connectivity index (χ0) is 15.2. The van der Waals surface area contributed by atoms with Gasteiger partial charge in [-0.15, -0.1) is 0 Å². The van der Waals surface area contributed by atoms with Crippen molar-refractivity contribution < 1.29 is 0 Å². The molecular formula is C16H32N4. The molecule has 4 heteroatoms. The number of rotatable bonds is 9. The van der Waals surface area contributed by atoms with Crippen molar-refractivity contribution in [1.82, 2.24) is 19.8 Å². The van der Waals surface area contributed by atoms with Gasteiger partial charge in [-0.1, -0.05) is 20.8 Å². The van der Waals surface area contributed by atoms with Gasteiger partial charge in [0.05, 0.1) is 6.04 Å². The Kier molecular flexibility index (Phi) is 6.69. The van der Waals surface area contributed by atoms with Crippen LogP contribution in [-0.2, 0) is 6.54 Å². The first-order valence-corrected chi connectivity index (χ1v) is 8.02. The molecule has 0 aliphatic carbocycles. The van der Waals surface area contributed by atoms with E-state index in [0.717, 1.165) is 38.4 Å². The Morgan fingerprint density at radius 2 is 1.90 bits per heavy atom. The lowest BCUT2D eigenvalue weighted by Gasteiger charge is -2.43. The summed E-state index contributed by atoms with van der Waals surface area (Å²) in [5.41, 5.74) is 0.0386. The Labute approximate surface area is 124 Å². The Hall–Kier alpha value is -0.870. The molecule has 0 aliphatic rings. The van der Waals surface area contributed by atoms with Crippen molar-refractivity contribution in [3.63, 3.8) is 0 Å². The number of imidazole rings is 1.